The summed E-state index contributed by atoms with van der Waals surface area (Å²) in [6, 6.07) is 3.54. The highest BCUT2D eigenvalue weighted by Crippen LogP contribution is 2.51. The third-order valence-corrected chi connectivity index (χ3v) is 4.30. The maximum absolute atomic E-state index is 14.0. The van der Waals surface area contributed by atoms with E-state index >= 15 is 0 Å². The van der Waals surface area contributed by atoms with Crippen molar-refractivity contribution in [1.29, 1.82) is 0 Å². The molecular weight excluding hydrogens is 240 g/mol. The van der Waals surface area contributed by atoms with E-state index in [-0.39, 0.29) is 5.41 Å². The highest BCUT2D eigenvalue weighted by Gasteiger charge is 2.61. The molecule has 2 saturated heterocycles. The van der Waals surface area contributed by atoms with Gasteiger partial charge in [-0.2, -0.15) is 0 Å². The van der Waals surface area contributed by atoms with Crippen LogP contribution >= 0.6 is 0 Å². The molecule has 0 aliphatic carbocycles. The van der Waals surface area contributed by atoms with Crippen LogP contribution in [-0.2, 0) is 14.9 Å². The predicted octanol–water partition coefficient (Wildman–Crippen LogP) is 1.21. The van der Waals surface area contributed by atoms with E-state index in [4.69, 9.17) is 15.2 Å². The molecule has 5 heteroatoms. The van der Waals surface area contributed by atoms with Crippen LogP contribution in [0.1, 0.15) is 5.56 Å². The summed E-state index contributed by atoms with van der Waals surface area (Å²) in [7, 11) is 0. The van der Waals surface area contributed by atoms with Gasteiger partial charge < -0.3 is 15.2 Å². The van der Waals surface area contributed by atoms with Crippen molar-refractivity contribution in [2.24, 2.45) is 11.1 Å². The average Bonchev–Trinajstić information content (AvgIpc) is 2.25. The molecule has 3 nitrogen and oxygen atoms in total. The SMILES string of the molecule is NCC1(C2(c3cc(F)ccc3F)COC2)COC1. The summed E-state index contributed by atoms with van der Waals surface area (Å²) in [5.74, 6) is -0.843. The first-order valence-corrected chi connectivity index (χ1v) is 5.95. The van der Waals surface area contributed by atoms with Crippen LogP contribution < -0.4 is 5.73 Å². The summed E-state index contributed by atoms with van der Waals surface area (Å²) in [5.41, 5.74) is 5.32. The highest BCUT2D eigenvalue weighted by molar-refractivity contribution is 5.35. The lowest BCUT2D eigenvalue weighted by Crippen LogP contribution is -2.69. The van der Waals surface area contributed by atoms with Gasteiger partial charge >= 0.3 is 0 Å². The van der Waals surface area contributed by atoms with Gasteiger partial charge in [0.2, 0.25) is 0 Å². The minimum absolute atomic E-state index is 0.333. The number of rotatable bonds is 3. The zero-order valence-corrected chi connectivity index (χ0v) is 9.92. The summed E-state index contributed by atoms with van der Waals surface area (Å²) in [5, 5.41) is 0. The van der Waals surface area contributed by atoms with Gasteiger partial charge in [-0.15, -0.1) is 0 Å². The van der Waals surface area contributed by atoms with Crippen molar-refractivity contribution in [2.45, 2.75) is 5.41 Å². The Morgan fingerprint density at radius 1 is 1.11 bits per heavy atom. The summed E-state index contributed by atoms with van der Waals surface area (Å²) in [4.78, 5) is 0. The monoisotopic (exact) mass is 255 g/mol. The van der Waals surface area contributed by atoms with Crippen LogP contribution in [0.3, 0.4) is 0 Å². The van der Waals surface area contributed by atoms with Crippen molar-refractivity contribution >= 4 is 0 Å². The molecule has 2 aliphatic rings. The standard InChI is InChI=1S/C13H15F2NO2/c14-9-1-2-11(15)10(3-9)13(7-18-8-13)12(4-16)5-17-6-12/h1-3H,4-8,16H2. The van der Waals surface area contributed by atoms with E-state index in [1.54, 1.807) is 0 Å². The van der Waals surface area contributed by atoms with Crippen molar-refractivity contribution in [3.8, 4) is 0 Å². The van der Waals surface area contributed by atoms with E-state index in [0.717, 1.165) is 12.1 Å². The van der Waals surface area contributed by atoms with Gasteiger partial charge in [0.1, 0.15) is 11.6 Å². The molecule has 1 aromatic rings. The number of nitrogens with two attached hydrogens (primary N) is 1. The Bertz CT molecular complexity index is 465. The van der Waals surface area contributed by atoms with Crippen molar-refractivity contribution in [3.05, 3.63) is 35.4 Å². The van der Waals surface area contributed by atoms with E-state index in [0.29, 0.717) is 38.5 Å². The van der Waals surface area contributed by atoms with Gasteiger partial charge in [0.05, 0.1) is 31.8 Å². The molecular formula is C13H15F2NO2. The molecule has 3 rings (SSSR count). The molecule has 2 aliphatic heterocycles. The number of benzene rings is 1. The molecule has 18 heavy (non-hydrogen) atoms. The topological polar surface area (TPSA) is 44.5 Å². The average molecular weight is 255 g/mol. The maximum atomic E-state index is 14.0. The van der Waals surface area contributed by atoms with Crippen molar-refractivity contribution in [3.63, 3.8) is 0 Å². The minimum atomic E-state index is -0.549. The van der Waals surface area contributed by atoms with Crippen LogP contribution in [0.15, 0.2) is 18.2 Å². The van der Waals surface area contributed by atoms with Crippen molar-refractivity contribution < 1.29 is 18.3 Å². The van der Waals surface area contributed by atoms with E-state index < -0.39 is 17.0 Å². The van der Waals surface area contributed by atoms with Crippen molar-refractivity contribution in [1.82, 2.24) is 0 Å². The molecule has 2 fully saturated rings. The lowest BCUT2D eigenvalue weighted by Gasteiger charge is -2.59. The van der Waals surface area contributed by atoms with Crippen molar-refractivity contribution in [2.75, 3.05) is 33.0 Å². The molecule has 2 N–H and O–H groups in total. The number of hydrogen-bond acceptors (Lipinski definition) is 3. The molecule has 0 bridgehead atoms. The third kappa shape index (κ3) is 1.38. The van der Waals surface area contributed by atoms with Gasteiger partial charge in [-0.25, -0.2) is 8.78 Å². The van der Waals surface area contributed by atoms with Crippen LogP contribution in [0.2, 0.25) is 0 Å². The van der Waals surface area contributed by atoms with Crippen LogP contribution in [-0.4, -0.2) is 33.0 Å². The third-order valence-electron chi connectivity index (χ3n) is 4.30. The molecule has 0 radical (unpaired) electrons. The summed E-state index contributed by atoms with van der Waals surface area (Å²) < 4.78 is 37.9. The van der Waals surface area contributed by atoms with E-state index in [1.807, 2.05) is 0 Å². The molecule has 1 aromatic carbocycles. The van der Waals surface area contributed by atoms with Gasteiger partial charge in [0, 0.05) is 17.5 Å². The van der Waals surface area contributed by atoms with Gasteiger partial charge in [0.15, 0.2) is 0 Å². The Morgan fingerprint density at radius 3 is 2.22 bits per heavy atom. The number of halogens is 2. The first kappa shape index (κ1) is 12.0. The van der Waals surface area contributed by atoms with Crippen LogP contribution in [0.4, 0.5) is 8.78 Å². The van der Waals surface area contributed by atoms with Crippen LogP contribution in [0.5, 0.6) is 0 Å². The second kappa shape index (κ2) is 3.98. The number of hydrogen-bond donors (Lipinski definition) is 1. The molecule has 0 atom stereocenters. The zero-order valence-electron chi connectivity index (χ0n) is 9.92. The second-order valence-corrected chi connectivity index (χ2v) is 5.18. The Kier molecular flexibility index (Phi) is 2.66. The Morgan fingerprint density at radius 2 is 1.78 bits per heavy atom. The smallest absolute Gasteiger partial charge is 0.127 e. The normalized spacial score (nSPS) is 24.2. The molecule has 0 aromatic heterocycles. The molecule has 2 heterocycles. The second-order valence-electron chi connectivity index (χ2n) is 5.18. The zero-order chi connectivity index (χ0) is 12.8. The van der Waals surface area contributed by atoms with Crippen LogP contribution in [0, 0.1) is 17.0 Å². The fraction of sp³-hybridized carbons (Fsp3) is 0.538. The number of ether oxygens (including phenoxy) is 2. The van der Waals surface area contributed by atoms with E-state index in [2.05, 4.69) is 0 Å². The fourth-order valence-electron chi connectivity index (χ4n) is 2.86. The quantitative estimate of drug-likeness (QED) is 0.883. The Balaban J connectivity index is 2.08. The molecule has 98 valence electrons. The molecule has 0 saturated carbocycles. The van der Waals surface area contributed by atoms with E-state index in [1.165, 1.54) is 6.07 Å². The first-order valence-electron chi connectivity index (χ1n) is 5.95. The molecule has 0 unspecified atom stereocenters. The van der Waals surface area contributed by atoms with E-state index in [9.17, 15) is 8.78 Å². The van der Waals surface area contributed by atoms with Gasteiger partial charge in [-0.1, -0.05) is 0 Å². The molecule has 0 amide bonds. The molecule has 0 spiro atoms. The highest BCUT2D eigenvalue weighted by atomic mass is 19.1. The largest absolute Gasteiger partial charge is 0.380 e. The van der Waals surface area contributed by atoms with Crippen LogP contribution in [0.25, 0.3) is 0 Å². The lowest BCUT2D eigenvalue weighted by molar-refractivity contribution is -0.224. The van der Waals surface area contributed by atoms with Gasteiger partial charge in [-0.3, -0.25) is 0 Å². The lowest BCUT2D eigenvalue weighted by atomic mass is 9.57. The summed E-state index contributed by atoms with van der Waals surface area (Å²) >= 11 is 0. The minimum Gasteiger partial charge on any atom is -0.380 e. The van der Waals surface area contributed by atoms with Gasteiger partial charge in [0.25, 0.3) is 0 Å². The van der Waals surface area contributed by atoms with Gasteiger partial charge in [-0.05, 0) is 18.2 Å². The Hall–Kier alpha value is -1.04. The maximum Gasteiger partial charge on any atom is 0.127 e. The Labute approximate surface area is 104 Å². The fourth-order valence-corrected chi connectivity index (χ4v) is 2.86. The predicted molar refractivity (Wildman–Crippen MR) is 61.2 cm³/mol. The summed E-state index contributed by atoms with van der Waals surface area (Å²) in [6.45, 7) is 2.07. The summed E-state index contributed by atoms with van der Waals surface area (Å²) in [6.07, 6.45) is 0. The first-order chi connectivity index (χ1) is 8.63.